The maximum atomic E-state index is 3.40. The SMILES string of the molecule is CNC(C)C(C)(C)CN1CCN(CC2CC2)CC1. The Balaban J connectivity index is 1.71. The van der Waals surface area contributed by atoms with Gasteiger partial charge in [-0.25, -0.2) is 0 Å². The molecule has 3 nitrogen and oxygen atoms in total. The molecule has 1 heterocycles. The summed E-state index contributed by atoms with van der Waals surface area (Å²) in [6.45, 7) is 14.7. The molecule has 3 heteroatoms. The maximum absolute atomic E-state index is 3.40. The average Bonchev–Trinajstić information content (AvgIpc) is 3.14. The smallest absolute Gasteiger partial charge is 0.0110 e. The van der Waals surface area contributed by atoms with E-state index in [4.69, 9.17) is 0 Å². The van der Waals surface area contributed by atoms with E-state index in [1.165, 1.54) is 52.1 Å². The van der Waals surface area contributed by atoms with Crippen molar-refractivity contribution in [1.29, 1.82) is 0 Å². The van der Waals surface area contributed by atoms with Gasteiger partial charge in [-0.15, -0.1) is 0 Å². The zero-order valence-electron chi connectivity index (χ0n) is 12.7. The van der Waals surface area contributed by atoms with Crippen molar-refractivity contribution < 1.29 is 0 Å². The van der Waals surface area contributed by atoms with Gasteiger partial charge < -0.3 is 15.1 Å². The summed E-state index contributed by atoms with van der Waals surface area (Å²) in [5.74, 6) is 1.04. The highest BCUT2D eigenvalue weighted by molar-refractivity contribution is 4.86. The monoisotopic (exact) mass is 253 g/mol. The highest BCUT2D eigenvalue weighted by atomic mass is 15.3. The van der Waals surface area contributed by atoms with Crippen LogP contribution < -0.4 is 5.32 Å². The van der Waals surface area contributed by atoms with Crippen LogP contribution in [0.25, 0.3) is 0 Å². The summed E-state index contributed by atoms with van der Waals surface area (Å²) in [5.41, 5.74) is 0.355. The van der Waals surface area contributed by atoms with Crippen LogP contribution in [0.5, 0.6) is 0 Å². The molecule has 1 N–H and O–H groups in total. The Morgan fingerprint density at radius 3 is 2.17 bits per heavy atom. The van der Waals surface area contributed by atoms with Crippen LogP contribution in [0.3, 0.4) is 0 Å². The van der Waals surface area contributed by atoms with Gasteiger partial charge in [0.15, 0.2) is 0 Å². The molecule has 0 bridgehead atoms. The maximum Gasteiger partial charge on any atom is 0.0110 e. The fourth-order valence-corrected chi connectivity index (χ4v) is 2.90. The molecule has 2 aliphatic rings. The zero-order chi connectivity index (χ0) is 13.2. The molecule has 1 aliphatic heterocycles. The van der Waals surface area contributed by atoms with E-state index in [9.17, 15) is 0 Å². The number of piperazine rings is 1. The van der Waals surface area contributed by atoms with E-state index in [2.05, 4.69) is 42.9 Å². The van der Waals surface area contributed by atoms with Gasteiger partial charge >= 0.3 is 0 Å². The lowest BCUT2D eigenvalue weighted by Gasteiger charge is -2.41. The topological polar surface area (TPSA) is 18.5 Å². The van der Waals surface area contributed by atoms with Crippen molar-refractivity contribution in [2.75, 3.05) is 46.3 Å². The van der Waals surface area contributed by atoms with Gasteiger partial charge in [-0.2, -0.15) is 0 Å². The van der Waals surface area contributed by atoms with Crippen LogP contribution >= 0.6 is 0 Å². The Morgan fingerprint density at radius 1 is 1.11 bits per heavy atom. The Bertz CT molecular complexity index is 252. The normalized spacial score (nSPS) is 25.3. The number of nitrogens with zero attached hydrogens (tertiary/aromatic N) is 2. The molecule has 0 aromatic rings. The van der Waals surface area contributed by atoms with Gasteiger partial charge in [-0.1, -0.05) is 13.8 Å². The quantitative estimate of drug-likeness (QED) is 0.776. The molecule has 0 radical (unpaired) electrons. The molecule has 1 saturated carbocycles. The second-order valence-electron chi connectivity index (χ2n) is 7.02. The summed E-state index contributed by atoms with van der Waals surface area (Å²) >= 11 is 0. The number of rotatable bonds is 6. The Kier molecular flexibility index (Phi) is 4.68. The number of hydrogen-bond donors (Lipinski definition) is 1. The molecule has 18 heavy (non-hydrogen) atoms. The van der Waals surface area contributed by atoms with E-state index in [0.29, 0.717) is 11.5 Å². The van der Waals surface area contributed by atoms with Crippen LogP contribution in [0, 0.1) is 11.3 Å². The first-order valence-electron chi connectivity index (χ1n) is 7.63. The van der Waals surface area contributed by atoms with Gasteiger partial charge in [0.2, 0.25) is 0 Å². The lowest BCUT2D eigenvalue weighted by atomic mass is 9.84. The summed E-state index contributed by atoms with van der Waals surface area (Å²) in [4.78, 5) is 5.32. The van der Waals surface area contributed by atoms with Gasteiger partial charge in [0.25, 0.3) is 0 Å². The minimum atomic E-state index is 0.355. The van der Waals surface area contributed by atoms with E-state index in [0.717, 1.165) is 5.92 Å². The standard InChI is InChI=1S/C15H31N3/c1-13(16-4)15(2,3)12-18-9-7-17(8-10-18)11-14-5-6-14/h13-14,16H,5-12H2,1-4H3. The van der Waals surface area contributed by atoms with E-state index >= 15 is 0 Å². The zero-order valence-corrected chi connectivity index (χ0v) is 12.7. The minimum Gasteiger partial charge on any atom is -0.317 e. The van der Waals surface area contributed by atoms with Crippen molar-refractivity contribution in [2.45, 2.75) is 39.7 Å². The molecule has 0 spiro atoms. The molecule has 106 valence electrons. The molecule has 1 unspecified atom stereocenters. The summed E-state index contributed by atoms with van der Waals surface area (Å²) in [7, 11) is 2.07. The first-order chi connectivity index (χ1) is 8.51. The third kappa shape index (κ3) is 3.94. The minimum absolute atomic E-state index is 0.355. The van der Waals surface area contributed by atoms with Crippen molar-refractivity contribution in [3.05, 3.63) is 0 Å². The molecule has 2 rings (SSSR count). The van der Waals surface area contributed by atoms with Gasteiger partial charge in [-0.3, -0.25) is 0 Å². The predicted molar refractivity (Wildman–Crippen MR) is 77.9 cm³/mol. The van der Waals surface area contributed by atoms with Gasteiger partial charge in [0, 0.05) is 45.3 Å². The highest BCUT2D eigenvalue weighted by Crippen LogP contribution is 2.30. The van der Waals surface area contributed by atoms with Crippen LogP contribution in [0.2, 0.25) is 0 Å². The summed E-state index contributed by atoms with van der Waals surface area (Å²) in [6.07, 6.45) is 2.96. The van der Waals surface area contributed by atoms with Crippen molar-refractivity contribution in [3.63, 3.8) is 0 Å². The largest absolute Gasteiger partial charge is 0.317 e. The van der Waals surface area contributed by atoms with Crippen molar-refractivity contribution in [1.82, 2.24) is 15.1 Å². The molecule has 0 amide bonds. The van der Waals surface area contributed by atoms with Crippen LogP contribution in [0.1, 0.15) is 33.6 Å². The fourth-order valence-electron chi connectivity index (χ4n) is 2.90. The highest BCUT2D eigenvalue weighted by Gasteiger charge is 2.30. The fraction of sp³-hybridized carbons (Fsp3) is 1.00. The van der Waals surface area contributed by atoms with Gasteiger partial charge in [0.05, 0.1) is 0 Å². The Morgan fingerprint density at radius 2 is 1.67 bits per heavy atom. The summed E-state index contributed by atoms with van der Waals surface area (Å²) in [6, 6.07) is 0.571. The molecule has 1 atom stereocenters. The third-order valence-electron chi connectivity index (χ3n) is 4.91. The Hall–Kier alpha value is -0.120. The molecule has 0 aromatic carbocycles. The van der Waals surface area contributed by atoms with Crippen LogP contribution in [-0.4, -0.2) is 62.2 Å². The Labute approximate surface area is 113 Å². The van der Waals surface area contributed by atoms with Crippen molar-refractivity contribution in [3.8, 4) is 0 Å². The molecule has 1 saturated heterocycles. The first-order valence-corrected chi connectivity index (χ1v) is 7.63. The van der Waals surface area contributed by atoms with E-state index in [1.807, 2.05) is 0 Å². The lowest BCUT2D eigenvalue weighted by molar-refractivity contribution is 0.0824. The molecule has 0 aromatic heterocycles. The predicted octanol–water partition coefficient (Wildman–Crippen LogP) is 1.65. The van der Waals surface area contributed by atoms with Gasteiger partial charge in [-0.05, 0) is 38.1 Å². The summed E-state index contributed by atoms with van der Waals surface area (Å²) in [5, 5.41) is 3.40. The van der Waals surface area contributed by atoms with Crippen molar-refractivity contribution >= 4 is 0 Å². The van der Waals surface area contributed by atoms with Crippen molar-refractivity contribution in [2.24, 2.45) is 11.3 Å². The molecular weight excluding hydrogens is 222 g/mol. The van der Waals surface area contributed by atoms with E-state index in [-0.39, 0.29) is 0 Å². The van der Waals surface area contributed by atoms with E-state index < -0.39 is 0 Å². The van der Waals surface area contributed by atoms with Crippen LogP contribution in [0.15, 0.2) is 0 Å². The second kappa shape index (κ2) is 5.89. The number of nitrogens with one attached hydrogen (secondary N) is 1. The molecular formula is C15H31N3. The second-order valence-corrected chi connectivity index (χ2v) is 7.02. The van der Waals surface area contributed by atoms with Gasteiger partial charge in [0.1, 0.15) is 0 Å². The summed E-state index contributed by atoms with van der Waals surface area (Å²) < 4.78 is 0. The average molecular weight is 253 g/mol. The lowest BCUT2D eigenvalue weighted by Crippen LogP contribution is -2.52. The molecule has 2 fully saturated rings. The van der Waals surface area contributed by atoms with Crippen LogP contribution in [-0.2, 0) is 0 Å². The third-order valence-corrected chi connectivity index (χ3v) is 4.91. The number of hydrogen-bond acceptors (Lipinski definition) is 3. The first kappa shape index (κ1) is 14.3. The van der Waals surface area contributed by atoms with Crippen LogP contribution in [0.4, 0.5) is 0 Å². The molecule has 1 aliphatic carbocycles. The van der Waals surface area contributed by atoms with E-state index in [1.54, 1.807) is 0 Å².